The first kappa shape index (κ1) is 28.9. The van der Waals surface area contributed by atoms with Crippen LogP contribution in [0, 0.1) is 0 Å². The molecule has 2 aromatic carbocycles. The molecule has 2 aromatic rings. The number of halogens is 3. The van der Waals surface area contributed by atoms with Gasteiger partial charge in [-0.05, 0) is 62.9 Å². The molecule has 0 spiro atoms. The number of para-hydroxylation sites is 1. The van der Waals surface area contributed by atoms with Crippen molar-refractivity contribution in [2.75, 3.05) is 25.1 Å². The number of hydrogen-bond donors (Lipinski definition) is 1. The van der Waals surface area contributed by atoms with E-state index < -0.39 is 23.4 Å². The number of nitrogens with zero attached hydrogens (tertiary/aromatic N) is 2. The van der Waals surface area contributed by atoms with E-state index in [0.29, 0.717) is 11.3 Å². The van der Waals surface area contributed by atoms with Crippen molar-refractivity contribution < 1.29 is 22.7 Å². The molecule has 1 amide bonds. The Morgan fingerprint density at radius 1 is 1.03 bits per heavy atom. The summed E-state index contributed by atoms with van der Waals surface area (Å²) in [5, 5.41) is 2.61. The maximum absolute atomic E-state index is 13.8. The lowest BCUT2D eigenvalue weighted by atomic mass is 10.1. The second kappa shape index (κ2) is 13.7. The number of carbonyl (C=O) groups is 1. The van der Waals surface area contributed by atoms with Crippen LogP contribution in [0.5, 0.6) is 5.75 Å². The molecule has 5 nitrogen and oxygen atoms in total. The molecule has 36 heavy (non-hydrogen) atoms. The molecule has 0 bridgehead atoms. The topological polar surface area (TPSA) is 53.9 Å². The molecule has 196 valence electrons. The molecule has 1 fully saturated rings. The van der Waals surface area contributed by atoms with Crippen molar-refractivity contribution in [1.82, 2.24) is 5.32 Å². The molecule has 8 heteroatoms. The number of carbonyl (C=O) groups excluding carboxylic acids is 1. The highest BCUT2D eigenvalue weighted by atomic mass is 19.4. The van der Waals surface area contributed by atoms with E-state index in [-0.39, 0.29) is 12.3 Å². The highest BCUT2D eigenvalue weighted by Gasteiger charge is 2.37. The van der Waals surface area contributed by atoms with Gasteiger partial charge in [0.25, 0.3) is 0 Å². The number of piperidine rings is 1. The summed E-state index contributed by atoms with van der Waals surface area (Å²) in [7, 11) is 1.44. The summed E-state index contributed by atoms with van der Waals surface area (Å²) < 4.78 is 46.7. The standard InChI is InChI=1S/C26H30F3N3O2.C2H6/c1-18(24(26(27,28)29)31-19(2)22-12-5-6-13-23(22)34-3)25(33)30-17-20-10-9-11-21(16-20)32-14-7-4-8-15-32;1-2/h5-6,9-13,16H,4,7-8,14-15,17H2,1-3H3,(H,30,33);1-2H3/b24-18+,31-19?;. The number of anilines is 1. The van der Waals surface area contributed by atoms with Crippen LogP contribution in [0.15, 0.2) is 64.8 Å². The van der Waals surface area contributed by atoms with E-state index in [9.17, 15) is 18.0 Å². The number of amides is 1. The molecule has 0 radical (unpaired) electrons. The monoisotopic (exact) mass is 503 g/mol. The largest absolute Gasteiger partial charge is 0.496 e. The summed E-state index contributed by atoms with van der Waals surface area (Å²) in [6.45, 7) is 8.69. The number of ether oxygens (including phenoxy) is 1. The lowest BCUT2D eigenvalue weighted by molar-refractivity contribution is -0.119. The van der Waals surface area contributed by atoms with E-state index in [1.165, 1.54) is 20.5 Å². The van der Waals surface area contributed by atoms with Gasteiger partial charge >= 0.3 is 6.18 Å². The fourth-order valence-electron chi connectivity index (χ4n) is 3.97. The molecular weight excluding hydrogens is 467 g/mol. The van der Waals surface area contributed by atoms with Crippen molar-refractivity contribution in [3.8, 4) is 5.75 Å². The summed E-state index contributed by atoms with van der Waals surface area (Å²) >= 11 is 0. The van der Waals surface area contributed by atoms with Gasteiger partial charge in [-0.1, -0.05) is 38.1 Å². The molecule has 1 aliphatic rings. The van der Waals surface area contributed by atoms with Gasteiger partial charge in [0, 0.05) is 42.2 Å². The van der Waals surface area contributed by atoms with Gasteiger partial charge in [-0.2, -0.15) is 13.2 Å². The molecule has 3 rings (SSSR count). The van der Waals surface area contributed by atoms with Crippen molar-refractivity contribution in [3.05, 3.63) is 70.9 Å². The first-order chi connectivity index (χ1) is 17.2. The average molecular weight is 504 g/mol. The third kappa shape index (κ3) is 7.86. The van der Waals surface area contributed by atoms with Crippen LogP contribution in [0.4, 0.5) is 18.9 Å². The van der Waals surface area contributed by atoms with Crippen LogP contribution >= 0.6 is 0 Å². The van der Waals surface area contributed by atoms with E-state index in [1.54, 1.807) is 24.3 Å². The molecule has 1 aliphatic heterocycles. The number of allylic oxidation sites excluding steroid dienone is 1. The van der Waals surface area contributed by atoms with Crippen molar-refractivity contribution in [2.24, 2.45) is 4.99 Å². The third-order valence-corrected chi connectivity index (χ3v) is 5.83. The number of hydrogen-bond acceptors (Lipinski definition) is 4. The second-order valence-corrected chi connectivity index (χ2v) is 8.27. The van der Waals surface area contributed by atoms with Crippen LogP contribution in [-0.2, 0) is 11.3 Å². The second-order valence-electron chi connectivity index (χ2n) is 8.27. The first-order valence-corrected chi connectivity index (χ1v) is 12.3. The number of rotatable bonds is 7. The molecule has 0 unspecified atom stereocenters. The quantitative estimate of drug-likeness (QED) is 0.339. The van der Waals surface area contributed by atoms with Gasteiger partial charge < -0.3 is 15.0 Å². The fourth-order valence-corrected chi connectivity index (χ4v) is 3.97. The predicted molar refractivity (Wildman–Crippen MR) is 140 cm³/mol. The Morgan fingerprint density at radius 3 is 2.33 bits per heavy atom. The van der Waals surface area contributed by atoms with E-state index in [1.807, 2.05) is 38.1 Å². The van der Waals surface area contributed by atoms with E-state index in [2.05, 4.69) is 15.2 Å². The minimum atomic E-state index is -4.79. The number of methoxy groups -OCH3 is 1. The Bertz CT molecular complexity index is 1070. The number of nitrogens with one attached hydrogen (secondary N) is 1. The summed E-state index contributed by atoms with van der Waals surface area (Å²) in [6, 6.07) is 14.4. The van der Waals surface area contributed by atoms with Crippen molar-refractivity contribution >= 4 is 17.3 Å². The molecule has 0 aliphatic carbocycles. The first-order valence-electron chi connectivity index (χ1n) is 12.3. The molecule has 1 saturated heterocycles. The molecule has 0 saturated carbocycles. The predicted octanol–water partition coefficient (Wildman–Crippen LogP) is 6.67. The SMILES string of the molecule is CC.COc1ccccc1C(C)=N/C(=C(\C)C(=O)NCc1cccc(N2CCCCC2)c1)C(F)(F)F. The fraction of sp³-hybridized carbons (Fsp3) is 0.429. The zero-order valence-corrected chi connectivity index (χ0v) is 21.7. The molecule has 0 aromatic heterocycles. The van der Waals surface area contributed by atoms with Gasteiger partial charge in [-0.3, -0.25) is 4.79 Å². The molecule has 0 atom stereocenters. The summed E-state index contributed by atoms with van der Waals surface area (Å²) in [6.07, 6.45) is -1.29. The summed E-state index contributed by atoms with van der Waals surface area (Å²) in [5.41, 5.74) is 0.697. The van der Waals surface area contributed by atoms with Crippen LogP contribution in [0.25, 0.3) is 0 Å². The van der Waals surface area contributed by atoms with Gasteiger partial charge in [0.05, 0.1) is 7.11 Å². The lowest BCUT2D eigenvalue weighted by Crippen LogP contribution is -2.30. The average Bonchev–Trinajstić information content (AvgIpc) is 2.91. The summed E-state index contributed by atoms with van der Waals surface area (Å²) in [4.78, 5) is 18.7. The van der Waals surface area contributed by atoms with Crippen LogP contribution < -0.4 is 15.0 Å². The maximum Gasteiger partial charge on any atom is 0.433 e. The van der Waals surface area contributed by atoms with E-state index in [0.717, 1.165) is 44.1 Å². The van der Waals surface area contributed by atoms with Gasteiger partial charge in [0.1, 0.15) is 5.75 Å². The minimum Gasteiger partial charge on any atom is -0.496 e. The molecule has 1 N–H and O–H groups in total. The number of alkyl halides is 3. The Labute approximate surface area is 212 Å². The zero-order chi connectivity index (χ0) is 26.7. The normalized spacial score (nSPS) is 14.9. The van der Waals surface area contributed by atoms with Crippen LogP contribution in [0.1, 0.15) is 58.1 Å². The van der Waals surface area contributed by atoms with Crippen LogP contribution in [0.3, 0.4) is 0 Å². The Hall–Kier alpha value is -3.29. The number of aliphatic imine (C=N–C) groups is 1. The van der Waals surface area contributed by atoms with Gasteiger partial charge in [0.2, 0.25) is 5.91 Å². The number of benzene rings is 2. The van der Waals surface area contributed by atoms with Crippen molar-refractivity contribution in [2.45, 2.75) is 59.7 Å². The Morgan fingerprint density at radius 2 is 1.69 bits per heavy atom. The van der Waals surface area contributed by atoms with Gasteiger partial charge in [-0.25, -0.2) is 4.99 Å². The Kier molecular flexibility index (Phi) is 11.0. The highest BCUT2D eigenvalue weighted by Crippen LogP contribution is 2.31. The maximum atomic E-state index is 13.8. The van der Waals surface area contributed by atoms with Gasteiger partial charge in [0.15, 0.2) is 5.70 Å². The van der Waals surface area contributed by atoms with Crippen molar-refractivity contribution in [1.29, 1.82) is 0 Å². The smallest absolute Gasteiger partial charge is 0.433 e. The van der Waals surface area contributed by atoms with Gasteiger partial charge in [-0.15, -0.1) is 0 Å². The lowest BCUT2D eigenvalue weighted by Gasteiger charge is -2.29. The zero-order valence-electron chi connectivity index (χ0n) is 21.7. The minimum absolute atomic E-state index is 0.103. The van der Waals surface area contributed by atoms with E-state index in [4.69, 9.17) is 4.74 Å². The Balaban J connectivity index is 0.00000222. The van der Waals surface area contributed by atoms with Crippen LogP contribution in [-0.4, -0.2) is 38.0 Å². The third-order valence-electron chi connectivity index (χ3n) is 5.83. The summed E-state index contributed by atoms with van der Waals surface area (Å²) in [5.74, 6) is -0.409. The molecular formula is C28H36F3N3O2. The highest BCUT2D eigenvalue weighted by molar-refractivity contribution is 6.02. The van der Waals surface area contributed by atoms with Crippen LogP contribution in [0.2, 0.25) is 0 Å². The van der Waals surface area contributed by atoms with Crippen molar-refractivity contribution in [3.63, 3.8) is 0 Å². The molecule has 1 heterocycles. The van der Waals surface area contributed by atoms with E-state index >= 15 is 0 Å².